The normalized spacial score (nSPS) is 18.9. The predicted octanol–water partition coefficient (Wildman–Crippen LogP) is 9.09. The number of hydrogen-bond donors (Lipinski definition) is 3. The Morgan fingerprint density at radius 1 is 0.950 bits per heavy atom. The third-order valence-corrected chi connectivity index (χ3v) is 12.1. The minimum Gasteiger partial charge on any atom is -0.493 e. The van der Waals surface area contributed by atoms with Crippen LogP contribution in [0.5, 0.6) is 17.2 Å². The van der Waals surface area contributed by atoms with Crippen molar-refractivity contribution in [2.75, 3.05) is 39.4 Å². The van der Waals surface area contributed by atoms with Crippen LogP contribution in [0.3, 0.4) is 0 Å². The molecule has 2 heterocycles. The Hall–Kier alpha value is -5.31. The van der Waals surface area contributed by atoms with E-state index < -0.39 is 17.6 Å². The maximum Gasteiger partial charge on any atom is 0.320 e. The number of allylic oxidation sites excluding steroid dienone is 2. The number of benzene rings is 4. The van der Waals surface area contributed by atoms with Crippen LogP contribution in [0.4, 0.5) is 0 Å². The molecule has 0 bridgehead atoms. The van der Waals surface area contributed by atoms with Crippen molar-refractivity contribution >= 4 is 17.6 Å². The summed E-state index contributed by atoms with van der Waals surface area (Å²) >= 11 is 6.90. The van der Waals surface area contributed by atoms with E-state index in [9.17, 15) is 20.3 Å². The fourth-order valence-corrected chi connectivity index (χ4v) is 8.48. The van der Waals surface area contributed by atoms with Crippen molar-refractivity contribution in [3.05, 3.63) is 135 Å². The molecule has 60 heavy (non-hydrogen) atoms. The van der Waals surface area contributed by atoms with Gasteiger partial charge in [-0.1, -0.05) is 85.6 Å². The Labute approximate surface area is 359 Å². The van der Waals surface area contributed by atoms with Crippen LogP contribution in [0.15, 0.2) is 102 Å². The third kappa shape index (κ3) is 10.9. The zero-order valence-electron chi connectivity index (χ0n) is 35.0. The van der Waals surface area contributed by atoms with Crippen molar-refractivity contribution in [2.45, 2.75) is 84.1 Å². The first-order chi connectivity index (χ1) is 29.0. The lowest BCUT2D eigenvalue weighted by molar-refractivity contribution is -0.144. The van der Waals surface area contributed by atoms with Crippen LogP contribution >= 0.6 is 11.6 Å². The summed E-state index contributed by atoms with van der Waals surface area (Å²) in [4.78, 5) is 16.4. The third-order valence-electron chi connectivity index (χ3n) is 11.8. The lowest BCUT2D eigenvalue weighted by atomic mass is 9.93. The molecular weight excluding hydrogens is 776 g/mol. The van der Waals surface area contributed by atoms with E-state index in [2.05, 4.69) is 36.9 Å². The van der Waals surface area contributed by atoms with E-state index in [-0.39, 0.29) is 13.2 Å². The molecule has 2 aliphatic heterocycles. The molecule has 1 unspecified atom stereocenters. The number of likely N-dealkylation sites (tertiary alicyclic amines) is 2. The number of nitrogens with zero attached hydrogens (tertiary/aromatic N) is 3. The van der Waals surface area contributed by atoms with Gasteiger partial charge in [-0.05, 0) is 110 Å². The second-order valence-electron chi connectivity index (χ2n) is 15.8. The van der Waals surface area contributed by atoms with E-state index in [1.807, 2.05) is 72.5 Å². The number of nitrogens with two attached hydrogens (primary N) is 1. The predicted molar refractivity (Wildman–Crippen MR) is 236 cm³/mol. The highest BCUT2D eigenvalue weighted by Gasteiger charge is 2.37. The summed E-state index contributed by atoms with van der Waals surface area (Å²) in [6.07, 6.45) is 7.58. The van der Waals surface area contributed by atoms with E-state index in [0.29, 0.717) is 61.2 Å². The number of piperidine rings is 1. The molecule has 4 aromatic carbocycles. The maximum atomic E-state index is 12.1. The van der Waals surface area contributed by atoms with Crippen LogP contribution < -0.4 is 19.9 Å². The fourth-order valence-electron chi connectivity index (χ4n) is 8.24. The van der Waals surface area contributed by atoms with Crippen LogP contribution in [0, 0.1) is 25.2 Å². The van der Waals surface area contributed by atoms with Gasteiger partial charge in [0.05, 0.1) is 17.2 Å². The largest absolute Gasteiger partial charge is 0.493 e. The van der Waals surface area contributed by atoms with Crippen LogP contribution in [0.1, 0.15) is 73.3 Å². The van der Waals surface area contributed by atoms with E-state index >= 15 is 0 Å². The molecule has 0 aliphatic carbocycles. The van der Waals surface area contributed by atoms with Gasteiger partial charge in [-0.25, -0.2) is 0 Å². The zero-order chi connectivity index (χ0) is 42.6. The Kier molecular flexibility index (Phi) is 15.3. The number of carbonyl (C=O) groups is 1. The van der Waals surface area contributed by atoms with Gasteiger partial charge in [0.15, 0.2) is 0 Å². The van der Waals surface area contributed by atoms with E-state index in [4.69, 9.17) is 31.5 Å². The summed E-state index contributed by atoms with van der Waals surface area (Å²) in [7, 11) is 0. The molecule has 10 nitrogen and oxygen atoms in total. The van der Waals surface area contributed by atoms with Crippen molar-refractivity contribution in [2.24, 2.45) is 5.73 Å². The quantitative estimate of drug-likeness (QED) is 0.0505. The minimum absolute atomic E-state index is 0.201. The first-order valence-corrected chi connectivity index (χ1v) is 21.3. The molecule has 2 aliphatic rings. The second-order valence-corrected chi connectivity index (χ2v) is 16.2. The SMILES string of the molecule is CC/C(=C\C(C#N)=C/N)COc1cc(OCc2cccc(-c3cccc(OCCCN4CCC(O)(c5ccccc5)C4)c3C)c2C)c(Cl)cc1CN1CCCC[C@H]1C(=O)O. The smallest absolute Gasteiger partial charge is 0.320 e. The van der Waals surface area contributed by atoms with E-state index in [1.165, 1.54) is 6.20 Å². The lowest BCUT2D eigenvalue weighted by Gasteiger charge is -2.33. The zero-order valence-corrected chi connectivity index (χ0v) is 35.7. The lowest BCUT2D eigenvalue weighted by Crippen LogP contribution is -2.44. The molecule has 0 aromatic heterocycles. The Morgan fingerprint density at radius 3 is 2.45 bits per heavy atom. The molecular formula is C49H57ClN4O6. The number of nitriles is 1. The molecule has 2 saturated heterocycles. The monoisotopic (exact) mass is 832 g/mol. The molecule has 4 N–H and O–H groups in total. The molecule has 316 valence electrons. The summed E-state index contributed by atoms with van der Waals surface area (Å²) < 4.78 is 19.2. The summed E-state index contributed by atoms with van der Waals surface area (Å²) in [6.45, 7) is 10.5. The van der Waals surface area contributed by atoms with E-state index in [0.717, 1.165) is 89.0 Å². The van der Waals surface area contributed by atoms with Gasteiger partial charge in [0.1, 0.15) is 48.2 Å². The molecule has 0 saturated carbocycles. The second kappa shape index (κ2) is 20.8. The van der Waals surface area contributed by atoms with E-state index in [1.54, 1.807) is 12.1 Å². The van der Waals surface area contributed by atoms with Crippen molar-refractivity contribution in [3.8, 4) is 34.4 Å². The average Bonchev–Trinajstić information content (AvgIpc) is 3.65. The first kappa shape index (κ1) is 44.2. The average molecular weight is 833 g/mol. The summed E-state index contributed by atoms with van der Waals surface area (Å²) in [6, 6.07) is 27.4. The number of aliphatic hydroxyl groups is 1. The number of β-amino-alcohol motifs (C(OH)–C–C–N with tert-alkyl or cyclic N) is 1. The number of hydrogen-bond acceptors (Lipinski definition) is 9. The number of rotatable bonds is 18. The maximum absolute atomic E-state index is 12.1. The highest BCUT2D eigenvalue weighted by atomic mass is 35.5. The topological polar surface area (TPSA) is 142 Å². The summed E-state index contributed by atoms with van der Waals surface area (Å²) in [5, 5.41) is 31.0. The highest BCUT2D eigenvalue weighted by molar-refractivity contribution is 6.32. The molecule has 0 amide bonds. The minimum atomic E-state index is -0.836. The van der Waals surface area contributed by atoms with Gasteiger partial charge >= 0.3 is 5.97 Å². The molecule has 2 fully saturated rings. The fraction of sp³-hybridized carbons (Fsp3) is 0.388. The molecule has 0 spiro atoms. The van der Waals surface area contributed by atoms with Gasteiger partial charge < -0.3 is 30.2 Å². The number of carboxylic acid groups (broad SMARTS) is 1. The van der Waals surface area contributed by atoms with Crippen molar-refractivity contribution in [1.82, 2.24) is 9.80 Å². The molecule has 0 radical (unpaired) electrons. The van der Waals surface area contributed by atoms with Crippen LogP contribution in [0.2, 0.25) is 5.02 Å². The molecule has 6 rings (SSSR count). The van der Waals surface area contributed by atoms with Crippen LogP contribution in [0.25, 0.3) is 11.1 Å². The highest BCUT2D eigenvalue weighted by Crippen LogP contribution is 2.38. The number of ether oxygens (including phenoxy) is 3. The number of carboxylic acids is 1. The number of aliphatic carboxylic acids is 1. The Balaban J connectivity index is 1.14. The van der Waals surface area contributed by atoms with Crippen molar-refractivity contribution in [1.29, 1.82) is 5.26 Å². The number of halogens is 1. The standard InChI is InChI=1S/C49H57ClN4O6/c1-4-36(25-37(28-51)29-52)31-59-46-27-47(43(50)26-39(46)30-54-22-9-8-18-44(54)48(55)56)60-32-38-13-10-16-41(34(38)2)42-17-11-19-45(35(42)3)58-24-12-21-53-23-20-49(57,33-53)40-14-6-5-7-15-40/h5-7,10-11,13-17,19,25-28,44,57H,4,8-9,12,18,20-24,30-33,51H2,1-3H3,(H,55,56)/b36-25+,37-28+/t44-,49?/m0/s1. The van der Waals surface area contributed by atoms with Crippen LogP contribution in [-0.2, 0) is 23.5 Å². The van der Waals surface area contributed by atoms with Gasteiger partial charge in [0, 0.05) is 44.0 Å². The summed E-state index contributed by atoms with van der Waals surface area (Å²) in [5.41, 5.74) is 13.1. The molecule has 4 aromatic rings. The van der Waals surface area contributed by atoms with Gasteiger partial charge in [-0.15, -0.1) is 0 Å². The molecule has 11 heteroatoms. The van der Waals surface area contributed by atoms with Gasteiger partial charge in [0.25, 0.3) is 0 Å². The van der Waals surface area contributed by atoms with Crippen LogP contribution in [-0.4, -0.2) is 71.4 Å². The summed E-state index contributed by atoms with van der Waals surface area (Å²) in [5.74, 6) is 0.987. The van der Waals surface area contributed by atoms with Crippen molar-refractivity contribution in [3.63, 3.8) is 0 Å². The van der Waals surface area contributed by atoms with Gasteiger partial charge in [-0.3, -0.25) is 14.6 Å². The Bertz CT molecular complexity index is 2220. The van der Waals surface area contributed by atoms with Gasteiger partial charge in [0.2, 0.25) is 0 Å². The molecule has 2 atom stereocenters. The first-order valence-electron chi connectivity index (χ1n) is 20.9. The Morgan fingerprint density at radius 2 is 1.72 bits per heavy atom. The van der Waals surface area contributed by atoms with Crippen molar-refractivity contribution < 1.29 is 29.2 Å². The van der Waals surface area contributed by atoms with Gasteiger partial charge in [-0.2, -0.15) is 5.26 Å².